The number of nitrogen functional groups attached to an aromatic ring is 1. The average Bonchev–Trinajstić information content (AvgIpc) is 2.44. The second-order valence-corrected chi connectivity index (χ2v) is 4.35. The molecule has 0 aromatic heterocycles. The molecule has 0 unspecified atom stereocenters. The first kappa shape index (κ1) is 14.8. The van der Waals surface area contributed by atoms with Crippen LogP contribution in [-0.4, -0.2) is 12.5 Å². The van der Waals surface area contributed by atoms with E-state index in [4.69, 9.17) is 5.73 Å². The fourth-order valence-corrected chi connectivity index (χ4v) is 1.83. The standard InChI is InChI=1S/C15H14F2N2O2/c1-9-11(18)6-4-7-12(9)19-14(20)10-5-2-3-8-13(10)21-15(16)17/h2-8,15H,18H2,1H3,(H,19,20). The van der Waals surface area contributed by atoms with Crippen molar-refractivity contribution in [3.8, 4) is 5.75 Å². The smallest absolute Gasteiger partial charge is 0.387 e. The number of nitrogens with two attached hydrogens (primary N) is 1. The van der Waals surface area contributed by atoms with Gasteiger partial charge in [-0.3, -0.25) is 4.79 Å². The second kappa shape index (κ2) is 6.21. The van der Waals surface area contributed by atoms with Gasteiger partial charge in [-0.25, -0.2) is 0 Å². The van der Waals surface area contributed by atoms with E-state index in [2.05, 4.69) is 10.1 Å². The molecule has 0 heterocycles. The molecule has 4 nitrogen and oxygen atoms in total. The summed E-state index contributed by atoms with van der Waals surface area (Å²) < 4.78 is 29.0. The summed E-state index contributed by atoms with van der Waals surface area (Å²) in [7, 11) is 0. The van der Waals surface area contributed by atoms with Gasteiger partial charge in [-0.1, -0.05) is 18.2 Å². The Hall–Kier alpha value is -2.63. The highest BCUT2D eigenvalue weighted by Crippen LogP contribution is 2.24. The summed E-state index contributed by atoms with van der Waals surface area (Å²) >= 11 is 0. The fourth-order valence-electron chi connectivity index (χ4n) is 1.83. The number of benzene rings is 2. The van der Waals surface area contributed by atoms with E-state index in [9.17, 15) is 13.6 Å². The number of para-hydroxylation sites is 1. The van der Waals surface area contributed by atoms with E-state index >= 15 is 0 Å². The van der Waals surface area contributed by atoms with E-state index in [-0.39, 0.29) is 11.3 Å². The Balaban J connectivity index is 2.27. The zero-order valence-electron chi connectivity index (χ0n) is 11.3. The molecule has 2 aromatic rings. The number of ether oxygens (including phenoxy) is 1. The number of carbonyl (C=O) groups is 1. The number of rotatable bonds is 4. The van der Waals surface area contributed by atoms with E-state index in [0.29, 0.717) is 16.9 Å². The maximum Gasteiger partial charge on any atom is 0.387 e. The van der Waals surface area contributed by atoms with Gasteiger partial charge in [-0.2, -0.15) is 8.78 Å². The van der Waals surface area contributed by atoms with Gasteiger partial charge in [0.05, 0.1) is 5.56 Å². The van der Waals surface area contributed by atoms with Crippen molar-refractivity contribution in [1.82, 2.24) is 0 Å². The van der Waals surface area contributed by atoms with E-state index in [1.165, 1.54) is 18.2 Å². The van der Waals surface area contributed by atoms with E-state index in [1.807, 2.05) is 0 Å². The van der Waals surface area contributed by atoms with Crippen molar-refractivity contribution in [2.45, 2.75) is 13.5 Å². The third-order valence-corrected chi connectivity index (χ3v) is 2.97. The molecule has 0 radical (unpaired) electrons. The van der Waals surface area contributed by atoms with Crippen molar-refractivity contribution in [1.29, 1.82) is 0 Å². The summed E-state index contributed by atoms with van der Waals surface area (Å²) in [5, 5.41) is 2.64. The lowest BCUT2D eigenvalue weighted by molar-refractivity contribution is -0.0501. The number of alkyl halides is 2. The molecule has 21 heavy (non-hydrogen) atoms. The minimum absolute atomic E-state index is 0.0274. The highest BCUT2D eigenvalue weighted by molar-refractivity contribution is 6.06. The van der Waals surface area contributed by atoms with Crippen LogP contribution >= 0.6 is 0 Å². The number of hydrogen-bond donors (Lipinski definition) is 2. The quantitative estimate of drug-likeness (QED) is 0.848. The Morgan fingerprint density at radius 1 is 1.19 bits per heavy atom. The third-order valence-electron chi connectivity index (χ3n) is 2.97. The Morgan fingerprint density at radius 3 is 2.62 bits per heavy atom. The molecule has 0 spiro atoms. The predicted molar refractivity (Wildman–Crippen MR) is 76.6 cm³/mol. The van der Waals surface area contributed by atoms with Crippen LogP contribution in [-0.2, 0) is 0 Å². The minimum Gasteiger partial charge on any atom is -0.434 e. The van der Waals surface area contributed by atoms with E-state index in [1.54, 1.807) is 31.2 Å². The molecule has 110 valence electrons. The molecule has 6 heteroatoms. The van der Waals surface area contributed by atoms with E-state index < -0.39 is 12.5 Å². The largest absolute Gasteiger partial charge is 0.434 e. The first-order valence-electron chi connectivity index (χ1n) is 6.19. The molecule has 0 bridgehead atoms. The highest BCUT2D eigenvalue weighted by Gasteiger charge is 2.16. The number of hydrogen-bond acceptors (Lipinski definition) is 3. The van der Waals surface area contributed by atoms with Gasteiger partial charge in [0.2, 0.25) is 0 Å². The Kier molecular flexibility index (Phi) is 4.37. The lowest BCUT2D eigenvalue weighted by atomic mass is 10.1. The van der Waals surface area contributed by atoms with Crippen LogP contribution in [0.5, 0.6) is 5.75 Å². The summed E-state index contributed by atoms with van der Waals surface area (Å²) in [5.74, 6) is -0.716. The van der Waals surface area contributed by atoms with Crippen LogP contribution in [0.2, 0.25) is 0 Å². The van der Waals surface area contributed by atoms with Crippen molar-refractivity contribution < 1.29 is 18.3 Å². The zero-order chi connectivity index (χ0) is 15.4. The van der Waals surface area contributed by atoms with Crippen LogP contribution in [0.4, 0.5) is 20.2 Å². The molecule has 0 atom stereocenters. The maximum atomic E-state index is 12.3. The molecule has 0 aliphatic rings. The highest BCUT2D eigenvalue weighted by atomic mass is 19.3. The number of anilines is 2. The summed E-state index contributed by atoms with van der Waals surface area (Å²) in [6, 6.07) is 10.9. The van der Waals surface area contributed by atoms with Crippen molar-refractivity contribution in [2.75, 3.05) is 11.1 Å². The monoisotopic (exact) mass is 292 g/mol. The minimum atomic E-state index is -2.99. The molecule has 0 fully saturated rings. The van der Waals surface area contributed by atoms with Crippen LogP contribution in [0.15, 0.2) is 42.5 Å². The number of halogens is 2. The fraction of sp³-hybridized carbons (Fsp3) is 0.133. The third kappa shape index (κ3) is 3.47. The van der Waals surface area contributed by atoms with Crippen LogP contribution in [0.25, 0.3) is 0 Å². The van der Waals surface area contributed by atoms with Crippen molar-refractivity contribution in [3.05, 3.63) is 53.6 Å². The Bertz CT molecular complexity index is 660. The zero-order valence-corrected chi connectivity index (χ0v) is 11.3. The van der Waals surface area contributed by atoms with Gasteiger partial charge in [0, 0.05) is 11.4 Å². The summed E-state index contributed by atoms with van der Waals surface area (Å²) in [6.07, 6.45) is 0. The topological polar surface area (TPSA) is 64.3 Å². The first-order chi connectivity index (χ1) is 9.99. The van der Waals surface area contributed by atoms with Gasteiger partial charge < -0.3 is 15.8 Å². The predicted octanol–water partition coefficient (Wildman–Crippen LogP) is 3.43. The Labute approximate surface area is 120 Å². The Morgan fingerprint density at radius 2 is 1.90 bits per heavy atom. The average molecular weight is 292 g/mol. The van der Waals surface area contributed by atoms with Gasteiger partial charge in [-0.15, -0.1) is 0 Å². The lowest BCUT2D eigenvalue weighted by Crippen LogP contribution is -2.15. The molecule has 0 aliphatic heterocycles. The molecular formula is C15H14F2N2O2. The molecule has 3 N–H and O–H groups in total. The molecule has 0 saturated heterocycles. The number of nitrogens with one attached hydrogen (secondary N) is 1. The van der Waals surface area contributed by atoms with Crippen molar-refractivity contribution >= 4 is 17.3 Å². The van der Waals surface area contributed by atoms with Crippen LogP contribution < -0.4 is 15.8 Å². The molecule has 2 rings (SSSR count). The first-order valence-corrected chi connectivity index (χ1v) is 6.19. The molecular weight excluding hydrogens is 278 g/mol. The van der Waals surface area contributed by atoms with Gasteiger partial charge in [-0.05, 0) is 36.8 Å². The van der Waals surface area contributed by atoms with Crippen LogP contribution in [0.1, 0.15) is 15.9 Å². The normalized spacial score (nSPS) is 10.5. The molecule has 1 amide bonds. The molecule has 0 saturated carbocycles. The molecule has 2 aromatic carbocycles. The SMILES string of the molecule is Cc1c(N)cccc1NC(=O)c1ccccc1OC(F)F. The van der Waals surface area contributed by atoms with Crippen LogP contribution in [0.3, 0.4) is 0 Å². The van der Waals surface area contributed by atoms with Gasteiger partial charge in [0.1, 0.15) is 5.75 Å². The summed E-state index contributed by atoms with van der Waals surface area (Å²) in [6.45, 7) is -1.24. The number of carbonyl (C=O) groups excluding carboxylic acids is 1. The van der Waals surface area contributed by atoms with Gasteiger partial charge >= 0.3 is 6.61 Å². The van der Waals surface area contributed by atoms with Crippen molar-refractivity contribution in [3.63, 3.8) is 0 Å². The second-order valence-electron chi connectivity index (χ2n) is 4.35. The van der Waals surface area contributed by atoms with Gasteiger partial charge in [0.15, 0.2) is 0 Å². The lowest BCUT2D eigenvalue weighted by Gasteiger charge is -2.13. The summed E-state index contributed by atoms with van der Waals surface area (Å²) in [4.78, 5) is 12.2. The van der Waals surface area contributed by atoms with E-state index in [0.717, 1.165) is 0 Å². The van der Waals surface area contributed by atoms with Crippen LogP contribution in [0, 0.1) is 6.92 Å². The molecule has 0 aliphatic carbocycles. The number of amides is 1. The summed E-state index contributed by atoms with van der Waals surface area (Å²) in [5.41, 5.74) is 7.54. The van der Waals surface area contributed by atoms with Gasteiger partial charge in [0.25, 0.3) is 5.91 Å². The maximum absolute atomic E-state index is 12.3. The van der Waals surface area contributed by atoms with Crippen molar-refractivity contribution in [2.24, 2.45) is 0 Å².